The van der Waals surface area contributed by atoms with Crippen LogP contribution in [0.2, 0.25) is 0 Å². The highest BCUT2D eigenvalue weighted by Crippen LogP contribution is 2.24. The van der Waals surface area contributed by atoms with Gasteiger partial charge >= 0.3 is 0 Å². The molecule has 0 spiro atoms. The molecule has 0 bridgehead atoms. The van der Waals surface area contributed by atoms with Gasteiger partial charge in [-0.2, -0.15) is 0 Å². The summed E-state index contributed by atoms with van der Waals surface area (Å²) in [4.78, 5) is 31.6. The number of ketones is 1. The molecule has 0 N–H and O–H groups in total. The van der Waals surface area contributed by atoms with Gasteiger partial charge in [-0.25, -0.2) is 0 Å². The SMILES string of the molecule is CC(=O)c1cc(CN2CCCC(CCC(=O)N3CCN(C)CC3)C2)cs1. The van der Waals surface area contributed by atoms with Crippen molar-refractivity contribution in [2.24, 2.45) is 5.92 Å². The number of hydrogen-bond acceptors (Lipinski definition) is 5. The number of likely N-dealkylation sites (N-methyl/N-ethyl adjacent to an activating group) is 1. The minimum Gasteiger partial charge on any atom is -0.340 e. The number of Topliss-reactive ketones (excluding diaryl/α,β-unsaturated/α-hetero) is 1. The van der Waals surface area contributed by atoms with E-state index in [-0.39, 0.29) is 5.78 Å². The average molecular weight is 378 g/mol. The summed E-state index contributed by atoms with van der Waals surface area (Å²) in [7, 11) is 2.12. The zero-order valence-corrected chi connectivity index (χ0v) is 16.9. The molecule has 6 heteroatoms. The third-order valence-corrected chi connectivity index (χ3v) is 6.71. The second-order valence-electron chi connectivity index (χ2n) is 7.84. The second kappa shape index (κ2) is 9.11. The van der Waals surface area contributed by atoms with Crippen LogP contribution in [0, 0.1) is 5.92 Å². The maximum absolute atomic E-state index is 12.4. The summed E-state index contributed by atoms with van der Waals surface area (Å²) in [6, 6.07) is 2.04. The highest BCUT2D eigenvalue weighted by molar-refractivity contribution is 7.12. The number of hydrogen-bond donors (Lipinski definition) is 0. The Labute approximate surface area is 161 Å². The van der Waals surface area contributed by atoms with Gasteiger partial charge in [-0.1, -0.05) is 0 Å². The zero-order chi connectivity index (χ0) is 18.5. The number of piperazine rings is 1. The number of thiophene rings is 1. The Kier molecular flexibility index (Phi) is 6.84. The summed E-state index contributed by atoms with van der Waals surface area (Å²) < 4.78 is 0. The van der Waals surface area contributed by atoms with E-state index in [0.29, 0.717) is 18.2 Å². The minimum absolute atomic E-state index is 0.153. The number of carbonyl (C=O) groups is 2. The van der Waals surface area contributed by atoms with Gasteiger partial charge < -0.3 is 9.80 Å². The highest BCUT2D eigenvalue weighted by Gasteiger charge is 2.23. The third-order valence-electron chi connectivity index (χ3n) is 5.63. The highest BCUT2D eigenvalue weighted by atomic mass is 32.1. The van der Waals surface area contributed by atoms with Gasteiger partial charge in [-0.05, 0) is 62.7 Å². The van der Waals surface area contributed by atoms with Crippen molar-refractivity contribution >= 4 is 23.0 Å². The Hall–Kier alpha value is -1.24. The molecule has 0 radical (unpaired) electrons. The summed E-state index contributed by atoms with van der Waals surface area (Å²) in [5, 5.41) is 2.11. The Bertz CT molecular complexity index is 622. The lowest BCUT2D eigenvalue weighted by Crippen LogP contribution is -2.47. The maximum atomic E-state index is 12.4. The van der Waals surface area contributed by atoms with E-state index in [4.69, 9.17) is 0 Å². The summed E-state index contributed by atoms with van der Waals surface area (Å²) in [5.74, 6) is 1.10. The van der Waals surface area contributed by atoms with Gasteiger partial charge in [0.2, 0.25) is 5.91 Å². The standard InChI is InChI=1S/C20H31N3O2S/c1-16(24)19-12-18(15-26-19)14-22-7-3-4-17(13-22)5-6-20(25)23-10-8-21(2)9-11-23/h12,15,17H,3-11,13-14H2,1-2H3. The monoisotopic (exact) mass is 377 g/mol. The lowest BCUT2D eigenvalue weighted by Gasteiger charge is -2.34. The first-order chi connectivity index (χ1) is 12.5. The van der Waals surface area contributed by atoms with Gasteiger partial charge in [0.25, 0.3) is 0 Å². The minimum atomic E-state index is 0.153. The third kappa shape index (κ3) is 5.38. The van der Waals surface area contributed by atoms with E-state index in [9.17, 15) is 9.59 Å². The molecule has 1 aromatic rings. The van der Waals surface area contributed by atoms with Gasteiger partial charge in [0.05, 0.1) is 4.88 Å². The number of likely N-dealkylation sites (tertiary alicyclic amines) is 1. The predicted octanol–water partition coefficient (Wildman–Crippen LogP) is 2.72. The zero-order valence-electron chi connectivity index (χ0n) is 16.1. The normalized spacial score (nSPS) is 22.5. The first kappa shape index (κ1) is 19.5. The summed E-state index contributed by atoms with van der Waals surface area (Å²) >= 11 is 1.55. The van der Waals surface area contributed by atoms with E-state index in [0.717, 1.165) is 57.1 Å². The molecular weight excluding hydrogens is 346 g/mol. The van der Waals surface area contributed by atoms with Crippen LogP contribution in [0.3, 0.4) is 0 Å². The maximum Gasteiger partial charge on any atom is 0.222 e. The molecule has 5 nitrogen and oxygen atoms in total. The van der Waals surface area contributed by atoms with Crippen LogP contribution in [0.5, 0.6) is 0 Å². The van der Waals surface area contributed by atoms with Crippen LogP contribution in [-0.2, 0) is 11.3 Å². The van der Waals surface area contributed by atoms with Crippen molar-refractivity contribution in [2.75, 3.05) is 46.3 Å². The van der Waals surface area contributed by atoms with Gasteiger partial charge in [0.15, 0.2) is 5.78 Å². The lowest BCUT2D eigenvalue weighted by molar-refractivity contribution is -0.133. The summed E-state index contributed by atoms with van der Waals surface area (Å²) in [5.41, 5.74) is 1.24. The van der Waals surface area contributed by atoms with Crippen molar-refractivity contribution in [1.29, 1.82) is 0 Å². The molecule has 1 aromatic heterocycles. The number of nitrogens with zero attached hydrogens (tertiary/aromatic N) is 3. The van der Waals surface area contributed by atoms with Gasteiger partial charge in [0.1, 0.15) is 0 Å². The number of amides is 1. The lowest BCUT2D eigenvalue weighted by atomic mass is 9.93. The fraction of sp³-hybridized carbons (Fsp3) is 0.700. The van der Waals surface area contributed by atoms with Crippen molar-refractivity contribution in [1.82, 2.24) is 14.7 Å². The molecular formula is C20H31N3O2S. The van der Waals surface area contributed by atoms with E-state index in [1.165, 1.54) is 18.4 Å². The van der Waals surface area contributed by atoms with Crippen LogP contribution in [0.1, 0.15) is 47.8 Å². The second-order valence-corrected chi connectivity index (χ2v) is 8.75. The number of carbonyl (C=O) groups excluding carboxylic acids is 2. The van der Waals surface area contributed by atoms with E-state index in [1.807, 2.05) is 11.0 Å². The predicted molar refractivity (Wildman–Crippen MR) is 106 cm³/mol. The molecule has 3 rings (SSSR count). The smallest absolute Gasteiger partial charge is 0.222 e. The van der Waals surface area contributed by atoms with Crippen molar-refractivity contribution in [3.63, 3.8) is 0 Å². The Balaban J connectivity index is 1.43. The molecule has 0 aromatic carbocycles. The number of piperidine rings is 1. The fourth-order valence-corrected chi connectivity index (χ4v) is 4.78. The molecule has 0 aliphatic carbocycles. The molecule has 2 aliphatic rings. The van der Waals surface area contributed by atoms with Crippen LogP contribution >= 0.6 is 11.3 Å². The molecule has 2 fully saturated rings. The van der Waals surface area contributed by atoms with Gasteiger partial charge in [0, 0.05) is 45.7 Å². The first-order valence-corrected chi connectivity index (χ1v) is 10.7. The molecule has 0 saturated carbocycles. The van der Waals surface area contributed by atoms with E-state index in [1.54, 1.807) is 18.3 Å². The van der Waals surface area contributed by atoms with Crippen molar-refractivity contribution in [3.8, 4) is 0 Å². The summed E-state index contributed by atoms with van der Waals surface area (Å²) in [6.07, 6.45) is 4.13. The Morgan fingerprint density at radius 1 is 1.19 bits per heavy atom. The first-order valence-electron chi connectivity index (χ1n) is 9.78. The van der Waals surface area contributed by atoms with Crippen molar-refractivity contribution in [3.05, 3.63) is 21.9 Å². The molecule has 2 saturated heterocycles. The van der Waals surface area contributed by atoms with Crippen LogP contribution in [0.4, 0.5) is 0 Å². The Morgan fingerprint density at radius 2 is 1.96 bits per heavy atom. The molecule has 1 amide bonds. The molecule has 26 heavy (non-hydrogen) atoms. The Morgan fingerprint density at radius 3 is 2.65 bits per heavy atom. The molecule has 1 unspecified atom stereocenters. The van der Waals surface area contributed by atoms with Crippen LogP contribution in [-0.4, -0.2) is 72.7 Å². The molecule has 3 heterocycles. The van der Waals surface area contributed by atoms with Gasteiger partial charge in [-0.15, -0.1) is 11.3 Å². The van der Waals surface area contributed by atoms with Crippen molar-refractivity contribution in [2.45, 2.75) is 39.2 Å². The van der Waals surface area contributed by atoms with E-state index in [2.05, 4.69) is 22.2 Å². The van der Waals surface area contributed by atoms with Crippen LogP contribution in [0.25, 0.3) is 0 Å². The average Bonchev–Trinajstić information content (AvgIpc) is 3.09. The van der Waals surface area contributed by atoms with Crippen molar-refractivity contribution < 1.29 is 9.59 Å². The quantitative estimate of drug-likeness (QED) is 0.715. The largest absolute Gasteiger partial charge is 0.340 e. The number of rotatable bonds is 6. The fourth-order valence-electron chi connectivity index (χ4n) is 3.97. The molecule has 2 aliphatic heterocycles. The van der Waals surface area contributed by atoms with Gasteiger partial charge in [-0.3, -0.25) is 14.5 Å². The topological polar surface area (TPSA) is 43.9 Å². The van der Waals surface area contributed by atoms with Crippen LogP contribution in [0.15, 0.2) is 11.4 Å². The van der Waals surface area contributed by atoms with Crippen LogP contribution < -0.4 is 0 Å². The summed E-state index contributed by atoms with van der Waals surface area (Å²) in [6.45, 7) is 8.48. The molecule has 1 atom stereocenters. The molecule has 144 valence electrons. The van der Waals surface area contributed by atoms with E-state index >= 15 is 0 Å². The van der Waals surface area contributed by atoms with E-state index < -0.39 is 0 Å².